The molecule has 1 aromatic carbocycles. The van der Waals surface area contributed by atoms with Crippen molar-refractivity contribution >= 4 is 5.91 Å². The van der Waals surface area contributed by atoms with E-state index in [2.05, 4.69) is 5.32 Å². The number of carbonyl (C=O) groups is 1. The number of rotatable bonds is 4. The van der Waals surface area contributed by atoms with Crippen LogP contribution in [0.5, 0.6) is 0 Å². The molecule has 1 aromatic rings. The predicted octanol–water partition coefficient (Wildman–Crippen LogP) is 2.18. The molecule has 0 spiro atoms. The van der Waals surface area contributed by atoms with Crippen molar-refractivity contribution in [2.24, 2.45) is 0 Å². The van der Waals surface area contributed by atoms with E-state index in [1.165, 1.54) is 12.1 Å². The summed E-state index contributed by atoms with van der Waals surface area (Å²) in [5.74, 6) is -0.0929. The third-order valence-electron chi connectivity index (χ3n) is 4.05. The predicted molar refractivity (Wildman–Crippen MR) is 77.6 cm³/mol. The summed E-state index contributed by atoms with van der Waals surface area (Å²) in [4.78, 5) is 14.0. The summed E-state index contributed by atoms with van der Waals surface area (Å²) in [6.07, 6.45) is -2.77. The van der Waals surface area contributed by atoms with Gasteiger partial charge in [-0.3, -0.25) is 9.69 Å². The van der Waals surface area contributed by atoms with Crippen molar-refractivity contribution < 1.29 is 22.7 Å². The van der Waals surface area contributed by atoms with E-state index >= 15 is 0 Å². The monoisotopic (exact) mass is 328 g/mol. The van der Waals surface area contributed by atoms with E-state index in [1.54, 1.807) is 0 Å². The highest BCUT2D eigenvalue weighted by Crippen LogP contribution is 2.29. The second-order valence-electron chi connectivity index (χ2n) is 6.07. The summed E-state index contributed by atoms with van der Waals surface area (Å²) in [7, 11) is 0. The summed E-state index contributed by atoms with van der Waals surface area (Å²) < 4.78 is 43.2. The number of alkyl halides is 3. The van der Waals surface area contributed by atoms with Crippen LogP contribution in [-0.4, -0.2) is 42.6 Å². The summed E-state index contributed by atoms with van der Waals surface area (Å²) in [5.41, 5.74) is 0.145. The average Bonchev–Trinajstić information content (AvgIpc) is 3.31. The quantitative estimate of drug-likeness (QED) is 0.921. The van der Waals surface area contributed by atoms with Crippen LogP contribution in [0, 0.1) is 0 Å². The summed E-state index contributed by atoms with van der Waals surface area (Å²) >= 11 is 0. The lowest BCUT2D eigenvalue weighted by atomic mass is 10.1. The fourth-order valence-electron chi connectivity index (χ4n) is 2.58. The molecule has 2 fully saturated rings. The van der Waals surface area contributed by atoms with Gasteiger partial charge in [0.1, 0.15) is 6.10 Å². The van der Waals surface area contributed by atoms with Gasteiger partial charge in [0.25, 0.3) is 5.91 Å². The molecule has 1 amide bonds. The first kappa shape index (κ1) is 16.3. The zero-order valence-corrected chi connectivity index (χ0v) is 12.6. The zero-order valence-electron chi connectivity index (χ0n) is 12.6. The van der Waals surface area contributed by atoms with Crippen molar-refractivity contribution in [3.05, 3.63) is 35.4 Å². The molecule has 4 nitrogen and oxygen atoms in total. The van der Waals surface area contributed by atoms with Gasteiger partial charge < -0.3 is 10.1 Å². The van der Waals surface area contributed by atoms with Crippen LogP contribution in [0.3, 0.4) is 0 Å². The number of benzene rings is 1. The third-order valence-corrected chi connectivity index (χ3v) is 4.05. The molecule has 1 aliphatic carbocycles. The van der Waals surface area contributed by atoms with Crippen molar-refractivity contribution in [2.45, 2.75) is 37.7 Å². The van der Waals surface area contributed by atoms with Crippen molar-refractivity contribution in [3.63, 3.8) is 0 Å². The molecule has 1 saturated heterocycles. The molecule has 0 bridgehead atoms. The average molecular weight is 328 g/mol. The molecule has 1 atom stereocenters. The standard InChI is InChI=1S/C16H19F3N2O2/c17-16(18,19)12-3-1-11(2-4-12)9-21-7-8-23-14(10-21)15(22)20-13-5-6-13/h1-4,13-14H,5-10H2,(H,20,22). The van der Waals surface area contributed by atoms with Gasteiger partial charge in [-0.1, -0.05) is 12.1 Å². The second-order valence-corrected chi connectivity index (χ2v) is 6.07. The van der Waals surface area contributed by atoms with Crippen molar-refractivity contribution in [1.82, 2.24) is 10.2 Å². The maximum absolute atomic E-state index is 12.6. The minimum Gasteiger partial charge on any atom is -0.366 e. The number of halogens is 3. The Labute approximate surface area is 132 Å². The van der Waals surface area contributed by atoms with Crippen LogP contribution in [-0.2, 0) is 22.3 Å². The molecule has 0 radical (unpaired) electrons. The first-order valence-electron chi connectivity index (χ1n) is 7.72. The van der Waals surface area contributed by atoms with Crippen molar-refractivity contribution in [3.8, 4) is 0 Å². The third kappa shape index (κ3) is 4.45. The number of hydrogen-bond donors (Lipinski definition) is 1. The zero-order chi connectivity index (χ0) is 16.4. The largest absolute Gasteiger partial charge is 0.416 e. The van der Waals surface area contributed by atoms with E-state index in [0.29, 0.717) is 26.2 Å². The molecular weight excluding hydrogens is 309 g/mol. The normalized spacial score (nSPS) is 22.8. The minimum absolute atomic E-state index is 0.0929. The van der Waals surface area contributed by atoms with Crippen LogP contribution in [0.25, 0.3) is 0 Å². The fraction of sp³-hybridized carbons (Fsp3) is 0.562. The Hall–Kier alpha value is -1.60. The molecule has 1 N–H and O–H groups in total. The molecule has 1 unspecified atom stereocenters. The minimum atomic E-state index is -4.32. The maximum atomic E-state index is 12.6. The molecule has 23 heavy (non-hydrogen) atoms. The second kappa shape index (κ2) is 6.49. The highest BCUT2D eigenvalue weighted by atomic mass is 19.4. The van der Waals surface area contributed by atoms with Gasteiger partial charge in [0.15, 0.2) is 0 Å². The molecule has 1 aliphatic heterocycles. The summed E-state index contributed by atoms with van der Waals surface area (Å²) in [6.45, 7) is 2.08. The van der Waals surface area contributed by atoms with E-state index < -0.39 is 17.8 Å². The van der Waals surface area contributed by atoms with E-state index in [0.717, 1.165) is 30.5 Å². The fourth-order valence-corrected chi connectivity index (χ4v) is 2.58. The molecule has 126 valence electrons. The number of ether oxygens (including phenoxy) is 1. The van der Waals surface area contributed by atoms with Gasteiger partial charge in [0.05, 0.1) is 12.2 Å². The molecule has 1 saturated carbocycles. The first-order chi connectivity index (χ1) is 10.9. The summed E-state index contributed by atoms with van der Waals surface area (Å²) in [6, 6.07) is 5.44. The SMILES string of the molecule is O=C(NC1CC1)C1CN(Cc2ccc(C(F)(F)F)cc2)CCO1. The van der Waals surface area contributed by atoms with Crippen molar-refractivity contribution in [2.75, 3.05) is 19.7 Å². The van der Waals surface area contributed by atoms with Gasteiger partial charge >= 0.3 is 6.18 Å². The molecule has 0 aromatic heterocycles. The van der Waals surface area contributed by atoms with Gasteiger partial charge in [-0.25, -0.2) is 0 Å². The van der Waals surface area contributed by atoms with E-state index in [9.17, 15) is 18.0 Å². The summed E-state index contributed by atoms with van der Waals surface area (Å²) in [5, 5.41) is 2.92. The number of hydrogen-bond acceptors (Lipinski definition) is 3. The number of amides is 1. The van der Waals surface area contributed by atoms with E-state index in [1.807, 2.05) is 4.90 Å². The Morgan fingerprint density at radius 2 is 1.96 bits per heavy atom. The van der Waals surface area contributed by atoms with E-state index in [-0.39, 0.29) is 11.9 Å². The topological polar surface area (TPSA) is 41.6 Å². The van der Waals surface area contributed by atoms with Gasteiger partial charge in [-0.15, -0.1) is 0 Å². The Bertz CT molecular complexity index is 555. The van der Waals surface area contributed by atoms with Crippen LogP contribution in [0.2, 0.25) is 0 Å². The van der Waals surface area contributed by atoms with Gasteiger partial charge in [-0.2, -0.15) is 13.2 Å². The number of carbonyl (C=O) groups excluding carboxylic acids is 1. The lowest BCUT2D eigenvalue weighted by Crippen LogP contribution is -2.49. The van der Waals surface area contributed by atoms with Gasteiger partial charge in [-0.05, 0) is 30.5 Å². The number of nitrogens with one attached hydrogen (secondary N) is 1. The van der Waals surface area contributed by atoms with Crippen LogP contribution >= 0.6 is 0 Å². The number of nitrogens with zero attached hydrogens (tertiary/aromatic N) is 1. The molecule has 2 aliphatic rings. The Morgan fingerprint density at radius 3 is 2.57 bits per heavy atom. The van der Waals surface area contributed by atoms with E-state index in [4.69, 9.17) is 4.74 Å². The first-order valence-corrected chi connectivity index (χ1v) is 7.72. The van der Waals surface area contributed by atoms with Gasteiger partial charge in [0.2, 0.25) is 0 Å². The molecule has 1 heterocycles. The van der Waals surface area contributed by atoms with Gasteiger partial charge in [0, 0.05) is 25.7 Å². The van der Waals surface area contributed by atoms with Crippen LogP contribution in [0.15, 0.2) is 24.3 Å². The van der Waals surface area contributed by atoms with Crippen LogP contribution in [0.4, 0.5) is 13.2 Å². The highest BCUT2D eigenvalue weighted by molar-refractivity contribution is 5.81. The molecular formula is C16H19F3N2O2. The Kier molecular flexibility index (Phi) is 4.59. The lowest BCUT2D eigenvalue weighted by Gasteiger charge is -2.32. The lowest BCUT2D eigenvalue weighted by molar-refractivity contribution is -0.139. The molecule has 3 rings (SSSR count). The Balaban J connectivity index is 1.55. The Morgan fingerprint density at radius 1 is 1.26 bits per heavy atom. The number of morpholine rings is 1. The van der Waals surface area contributed by atoms with Crippen LogP contribution < -0.4 is 5.32 Å². The molecule has 7 heteroatoms. The highest BCUT2D eigenvalue weighted by Gasteiger charge is 2.32. The maximum Gasteiger partial charge on any atom is 0.416 e. The smallest absolute Gasteiger partial charge is 0.366 e. The van der Waals surface area contributed by atoms with Crippen LogP contribution in [0.1, 0.15) is 24.0 Å². The van der Waals surface area contributed by atoms with Crippen molar-refractivity contribution in [1.29, 1.82) is 0 Å².